The largest absolute Gasteiger partial charge is 0.454 e. The van der Waals surface area contributed by atoms with E-state index in [0.717, 1.165) is 33.3 Å². The van der Waals surface area contributed by atoms with Gasteiger partial charge in [-0.25, -0.2) is 4.98 Å². The molecule has 3 heteroatoms. The Morgan fingerprint density at radius 1 is 0.771 bits per heavy atom. The van der Waals surface area contributed by atoms with Crippen molar-refractivity contribution in [1.82, 2.24) is 9.97 Å². The maximum atomic E-state index is 8.17. The van der Waals surface area contributed by atoms with Gasteiger partial charge in [0.15, 0.2) is 5.58 Å². The Bertz CT molecular complexity index is 1770. The zero-order chi connectivity index (χ0) is 26.5. The zero-order valence-electron chi connectivity index (χ0n) is 22.6. The van der Waals surface area contributed by atoms with Crippen molar-refractivity contribution in [2.45, 2.75) is 26.1 Å². The third-order valence-electron chi connectivity index (χ3n) is 6.73. The van der Waals surface area contributed by atoms with Gasteiger partial charge in [-0.1, -0.05) is 74.5 Å². The third-order valence-corrected chi connectivity index (χ3v) is 6.73. The summed E-state index contributed by atoms with van der Waals surface area (Å²) in [6, 6.07) is 31.3. The molecule has 0 aliphatic carbocycles. The summed E-state index contributed by atoms with van der Waals surface area (Å²) in [5, 5.41) is 0.868. The van der Waals surface area contributed by atoms with Crippen molar-refractivity contribution in [2.75, 3.05) is 0 Å². The van der Waals surface area contributed by atoms with Crippen LogP contribution in [0.3, 0.4) is 0 Å². The van der Waals surface area contributed by atoms with Crippen molar-refractivity contribution in [2.24, 2.45) is 0 Å². The van der Waals surface area contributed by atoms with Gasteiger partial charge in [0.25, 0.3) is 0 Å². The lowest BCUT2D eigenvalue weighted by atomic mass is 9.81. The van der Waals surface area contributed by atoms with E-state index in [1.165, 1.54) is 5.56 Å². The lowest BCUT2D eigenvalue weighted by Crippen LogP contribution is -2.20. The highest BCUT2D eigenvalue weighted by molar-refractivity contribution is 6.04. The summed E-state index contributed by atoms with van der Waals surface area (Å²) in [6.07, 6.45) is 1.66. The van der Waals surface area contributed by atoms with Gasteiger partial charge in [0.1, 0.15) is 11.1 Å². The highest BCUT2D eigenvalue weighted by Gasteiger charge is 2.25. The topological polar surface area (TPSA) is 38.9 Å². The first-order valence-electron chi connectivity index (χ1n) is 13.2. The molecule has 0 unspecified atom stereocenters. The molecule has 0 N–H and O–H groups in total. The predicted molar refractivity (Wildman–Crippen MR) is 143 cm³/mol. The minimum atomic E-state index is -2.28. The van der Waals surface area contributed by atoms with E-state index in [1.807, 2.05) is 78.9 Å². The quantitative estimate of drug-likeness (QED) is 0.267. The minimum Gasteiger partial charge on any atom is -0.454 e. The number of aromatic nitrogens is 2. The van der Waals surface area contributed by atoms with Crippen LogP contribution in [0.5, 0.6) is 0 Å². The first kappa shape index (κ1) is 18.1. The number of furan rings is 1. The predicted octanol–water partition coefficient (Wildman–Crippen LogP) is 8.34. The Labute approximate surface area is 209 Å². The van der Waals surface area contributed by atoms with Gasteiger partial charge in [0, 0.05) is 32.2 Å². The summed E-state index contributed by atoms with van der Waals surface area (Å²) in [5.74, 6) is 0. The fraction of sp³-hybridized carbons (Fsp3) is 0.125. The molecule has 3 heterocycles. The Kier molecular flexibility index (Phi) is 4.25. The molecule has 3 aromatic carbocycles. The maximum Gasteiger partial charge on any atom is 0.153 e. The van der Waals surface area contributed by atoms with E-state index < -0.39 is 6.85 Å². The normalized spacial score (nSPS) is 13.5. The molecule has 0 aliphatic heterocycles. The van der Waals surface area contributed by atoms with Crippen molar-refractivity contribution in [3.05, 3.63) is 120 Å². The zero-order valence-corrected chi connectivity index (χ0v) is 19.6. The van der Waals surface area contributed by atoms with Crippen molar-refractivity contribution < 1.29 is 8.53 Å². The average Bonchev–Trinajstić information content (AvgIpc) is 3.30. The molecule has 6 rings (SSSR count). The second-order valence-electron chi connectivity index (χ2n) is 9.33. The monoisotopic (exact) mass is 457 g/mol. The van der Waals surface area contributed by atoms with Crippen LogP contribution in [-0.4, -0.2) is 9.97 Å². The van der Waals surface area contributed by atoms with Crippen molar-refractivity contribution in [3.63, 3.8) is 0 Å². The number of pyridine rings is 2. The van der Waals surface area contributed by atoms with E-state index in [1.54, 1.807) is 12.3 Å². The van der Waals surface area contributed by atoms with Gasteiger partial charge in [-0.2, -0.15) is 0 Å². The molecule has 170 valence electrons. The van der Waals surface area contributed by atoms with Gasteiger partial charge in [0.05, 0.1) is 11.4 Å². The smallest absolute Gasteiger partial charge is 0.153 e. The molecule has 0 amide bonds. The van der Waals surface area contributed by atoms with Crippen LogP contribution >= 0.6 is 0 Å². The molecule has 3 aromatic heterocycles. The molecule has 3 nitrogen and oxygen atoms in total. The second kappa shape index (κ2) is 8.21. The van der Waals surface area contributed by atoms with Crippen LogP contribution in [0.1, 0.15) is 34.8 Å². The van der Waals surface area contributed by atoms with E-state index in [0.29, 0.717) is 16.8 Å². The van der Waals surface area contributed by atoms with Crippen LogP contribution in [0, 0.1) is 6.85 Å². The number of benzene rings is 3. The van der Waals surface area contributed by atoms with Gasteiger partial charge >= 0.3 is 0 Å². The van der Waals surface area contributed by atoms with E-state index in [4.69, 9.17) is 13.5 Å². The molecular formula is C32H26N2O. The molecule has 35 heavy (non-hydrogen) atoms. The Morgan fingerprint density at radius 3 is 2.29 bits per heavy atom. The second-order valence-corrected chi connectivity index (χ2v) is 9.33. The average molecular weight is 458 g/mol. The van der Waals surface area contributed by atoms with Crippen LogP contribution in [0.25, 0.3) is 44.5 Å². The van der Waals surface area contributed by atoms with E-state index in [-0.39, 0.29) is 11.0 Å². The fourth-order valence-electron chi connectivity index (χ4n) is 4.62. The Hall–Kier alpha value is -4.24. The number of rotatable bonds is 4. The number of hydrogen-bond donors (Lipinski definition) is 0. The van der Waals surface area contributed by atoms with E-state index in [2.05, 4.69) is 31.0 Å². The summed E-state index contributed by atoms with van der Waals surface area (Å²) < 4.78 is 30.6. The van der Waals surface area contributed by atoms with Crippen LogP contribution in [-0.2, 0) is 5.41 Å². The molecule has 0 saturated heterocycles. The van der Waals surface area contributed by atoms with Gasteiger partial charge in [-0.05, 0) is 59.9 Å². The van der Waals surface area contributed by atoms with E-state index in [9.17, 15) is 0 Å². The van der Waals surface area contributed by atoms with Gasteiger partial charge in [-0.15, -0.1) is 0 Å². The first-order chi connectivity index (χ1) is 18.2. The molecule has 0 radical (unpaired) electrons. The van der Waals surface area contributed by atoms with Gasteiger partial charge < -0.3 is 4.42 Å². The molecule has 0 bridgehead atoms. The maximum absolute atomic E-state index is 8.17. The van der Waals surface area contributed by atoms with Crippen molar-refractivity contribution in [3.8, 4) is 22.4 Å². The third kappa shape index (κ3) is 3.70. The fourth-order valence-corrected chi connectivity index (χ4v) is 4.62. The minimum absolute atomic E-state index is 0.274. The van der Waals surface area contributed by atoms with Crippen LogP contribution in [0.4, 0.5) is 0 Å². The number of aryl methyl sites for hydroxylation is 1. The molecule has 0 spiro atoms. The SMILES string of the molecule is [2H]C([2H])([2H])c1cc(-c2ccc3oc4ccc(C(C)(C)c5ccccc5)nc4c3c2)ncc1-c1ccccc1. The Balaban J connectivity index is 1.48. The standard InChI is InChI=1S/C32H26N2O/c1-21-18-27(33-20-26(21)22-10-6-4-7-11-22)23-14-15-28-25(19-23)31-29(35-28)16-17-30(34-31)32(2,3)24-12-8-5-9-13-24/h4-20H,1-3H3/i1D3. The highest BCUT2D eigenvalue weighted by atomic mass is 16.3. The number of nitrogens with zero attached hydrogens (tertiary/aromatic N) is 2. The number of hydrogen-bond acceptors (Lipinski definition) is 3. The molecule has 0 saturated carbocycles. The lowest BCUT2D eigenvalue weighted by Gasteiger charge is -2.24. The van der Waals surface area contributed by atoms with Crippen molar-refractivity contribution in [1.29, 1.82) is 0 Å². The van der Waals surface area contributed by atoms with E-state index >= 15 is 0 Å². The molecule has 0 fully saturated rings. The molecule has 0 aliphatic rings. The summed E-state index contributed by atoms with van der Waals surface area (Å²) in [4.78, 5) is 9.72. The van der Waals surface area contributed by atoms with Crippen LogP contribution in [0.2, 0.25) is 0 Å². The summed E-state index contributed by atoms with van der Waals surface area (Å²) in [6.45, 7) is 2.05. The van der Waals surface area contributed by atoms with Crippen molar-refractivity contribution >= 4 is 22.1 Å². The molecular weight excluding hydrogens is 428 g/mol. The number of fused-ring (bicyclic) bond motifs is 3. The first-order valence-corrected chi connectivity index (χ1v) is 11.7. The van der Waals surface area contributed by atoms with Crippen LogP contribution in [0.15, 0.2) is 108 Å². The molecule has 0 atom stereocenters. The van der Waals surface area contributed by atoms with Gasteiger partial charge in [0.2, 0.25) is 0 Å². The lowest BCUT2D eigenvalue weighted by molar-refractivity contribution is 0.617. The highest BCUT2D eigenvalue weighted by Crippen LogP contribution is 2.36. The summed E-state index contributed by atoms with van der Waals surface area (Å²) >= 11 is 0. The summed E-state index contributed by atoms with van der Waals surface area (Å²) in [5.41, 5.74) is 7.15. The van der Waals surface area contributed by atoms with Gasteiger partial charge in [-0.3, -0.25) is 4.98 Å². The Morgan fingerprint density at radius 2 is 1.51 bits per heavy atom. The van der Waals surface area contributed by atoms with Crippen LogP contribution < -0.4 is 0 Å². The molecule has 6 aromatic rings. The summed E-state index contributed by atoms with van der Waals surface area (Å²) in [7, 11) is 0.